The lowest BCUT2D eigenvalue weighted by atomic mass is 9.92. The highest BCUT2D eigenvalue weighted by atomic mass is 19.3. The van der Waals surface area contributed by atoms with Crippen molar-refractivity contribution in [1.29, 1.82) is 0 Å². The summed E-state index contributed by atoms with van der Waals surface area (Å²) >= 11 is 0. The average Bonchev–Trinajstić information content (AvgIpc) is 2.94. The highest BCUT2D eigenvalue weighted by Crippen LogP contribution is 2.35. The van der Waals surface area contributed by atoms with Gasteiger partial charge in [0, 0.05) is 40.8 Å². The number of unbranched alkanes of at least 4 members (excludes halogenated alkanes) is 1. The highest BCUT2D eigenvalue weighted by Gasteiger charge is 2.29. The molecule has 0 saturated carbocycles. The number of allylic oxidation sites excluding steroid dienone is 3. The molecule has 0 aromatic heterocycles. The molecule has 0 radical (unpaired) electrons. The zero-order valence-electron chi connectivity index (χ0n) is 23.8. The van der Waals surface area contributed by atoms with Crippen LogP contribution in [0.15, 0.2) is 85.1 Å². The summed E-state index contributed by atoms with van der Waals surface area (Å²) in [6.45, 7) is 10.0. The van der Waals surface area contributed by atoms with Crippen molar-refractivity contribution in [3.8, 4) is 0 Å². The molecule has 4 rings (SSSR count). The lowest BCUT2D eigenvalue weighted by Crippen LogP contribution is -2.38. The minimum Gasteiger partial charge on any atom is -0.355 e. The maximum absolute atomic E-state index is 14.1. The van der Waals surface area contributed by atoms with E-state index in [-0.39, 0.29) is 11.7 Å². The van der Waals surface area contributed by atoms with Gasteiger partial charge in [0.25, 0.3) is 0 Å². The van der Waals surface area contributed by atoms with E-state index in [0.717, 1.165) is 67.0 Å². The summed E-state index contributed by atoms with van der Waals surface area (Å²) in [5.41, 5.74) is 6.96. The van der Waals surface area contributed by atoms with Gasteiger partial charge < -0.3 is 5.32 Å². The maximum Gasteiger partial charge on any atom is 0.319 e. The van der Waals surface area contributed by atoms with E-state index in [9.17, 15) is 13.2 Å². The van der Waals surface area contributed by atoms with E-state index < -0.39 is 6.55 Å². The number of para-hydroxylation sites is 1. The summed E-state index contributed by atoms with van der Waals surface area (Å²) in [4.78, 5) is 3.49. The van der Waals surface area contributed by atoms with Crippen LogP contribution in [0.4, 0.5) is 30.2 Å². The number of alkyl halides is 2. The Morgan fingerprint density at radius 1 is 1.07 bits per heavy atom. The van der Waals surface area contributed by atoms with Crippen molar-refractivity contribution in [2.24, 2.45) is 5.92 Å². The number of nitrogens with one attached hydrogen (secondary N) is 1. The molecule has 1 heterocycles. The Morgan fingerprint density at radius 2 is 1.82 bits per heavy atom. The largest absolute Gasteiger partial charge is 0.355 e. The number of benzene rings is 3. The molecule has 40 heavy (non-hydrogen) atoms. The van der Waals surface area contributed by atoms with Crippen LogP contribution in [0.5, 0.6) is 0 Å². The number of hydrogen-bond donors (Lipinski definition) is 1. The summed E-state index contributed by atoms with van der Waals surface area (Å²) in [5, 5.41) is 3.39. The van der Waals surface area contributed by atoms with E-state index >= 15 is 0 Å². The third-order valence-electron chi connectivity index (χ3n) is 7.70. The van der Waals surface area contributed by atoms with E-state index in [1.54, 1.807) is 18.2 Å². The Bertz CT molecular complexity index is 1330. The van der Waals surface area contributed by atoms with E-state index in [0.29, 0.717) is 17.1 Å². The molecule has 1 saturated heterocycles. The van der Waals surface area contributed by atoms with Gasteiger partial charge in [0.1, 0.15) is 5.82 Å². The van der Waals surface area contributed by atoms with E-state index in [1.165, 1.54) is 23.3 Å². The van der Waals surface area contributed by atoms with Crippen LogP contribution in [0.25, 0.3) is 5.57 Å². The van der Waals surface area contributed by atoms with E-state index in [1.807, 2.05) is 25.1 Å². The average molecular weight is 548 g/mol. The zero-order valence-corrected chi connectivity index (χ0v) is 23.8. The van der Waals surface area contributed by atoms with Crippen molar-refractivity contribution in [2.45, 2.75) is 59.5 Å². The lowest BCUT2D eigenvalue weighted by molar-refractivity contribution is 0.139. The molecule has 0 spiro atoms. The lowest BCUT2D eigenvalue weighted by Gasteiger charge is -2.37. The predicted octanol–water partition coefficient (Wildman–Crippen LogP) is 9.54. The SMILES string of the molecule is C=C(C1CCN(Cc2ccc(Nc3cccc(F)c3)c(/C(C)=C\CCC)c2)CC1)N(c1ccccc1C)C(F)F. The highest BCUT2D eigenvalue weighted by molar-refractivity contribution is 5.78. The Kier molecular flexibility index (Phi) is 10.1. The normalized spacial score (nSPS) is 14.9. The van der Waals surface area contributed by atoms with Crippen LogP contribution in [-0.2, 0) is 6.54 Å². The summed E-state index contributed by atoms with van der Waals surface area (Å²) in [6.07, 6.45) is 5.88. The van der Waals surface area contributed by atoms with Crippen molar-refractivity contribution >= 4 is 22.6 Å². The fourth-order valence-electron chi connectivity index (χ4n) is 5.42. The van der Waals surface area contributed by atoms with Gasteiger partial charge in [-0.05, 0) is 99.3 Å². The number of rotatable bonds is 11. The van der Waals surface area contributed by atoms with Gasteiger partial charge in [-0.3, -0.25) is 9.80 Å². The number of aryl methyl sites for hydroxylation is 1. The van der Waals surface area contributed by atoms with Gasteiger partial charge in [0.15, 0.2) is 0 Å². The molecule has 3 nitrogen and oxygen atoms in total. The molecule has 1 aliphatic heterocycles. The third kappa shape index (κ3) is 7.36. The summed E-state index contributed by atoms with van der Waals surface area (Å²) in [6, 6.07) is 20.1. The van der Waals surface area contributed by atoms with Crippen LogP contribution < -0.4 is 10.2 Å². The van der Waals surface area contributed by atoms with Crippen LogP contribution in [0, 0.1) is 18.7 Å². The number of nitrogens with zero attached hydrogens (tertiary/aromatic N) is 2. The first kappa shape index (κ1) is 29.5. The van der Waals surface area contributed by atoms with Gasteiger partial charge in [-0.1, -0.05) is 56.3 Å². The molecule has 3 aromatic carbocycles. The van der Waals surface area contributed by atoms with Gasteiger partial charge >= 0.3 is 6.55 Å². The second kappa shape index (κ2) is 13.7. The second-order valence-electron chi connectivity index (χ2n) is 10.7. The second-order valence-corrected chi connectivity index (χ2v) is 10.7. The van der Waals surface area contributed by atoms with Crippen molar-refractivity contribution in [2.75, 3.05) is 23.3 Å². The predicted molar refractivity (Wildman–Crippen MR) is 161 cm³/mol. The Balaban J connectivity index is 1.45. The molecule has 0 aliphatic carbocycles. The van der Waals surface area contributed by atoms with Crippen molar-refractivity contribution in [3.63, 3.8) is 0 Å². The molecule has 0 amide bonds. The fraction of sp³-hybridized carbons (Fsp3) is 0.353. The quantitative estimate of drug-likeness (QED) is 0.241. The summed E-state index contributed by atoms with van der Waals surface area (Å²) < 4.78 is 42.0. The molecule has 212 valence electrons. The summed E-state index contributed by atoms with van der Waals surface area (Å²) in [5.74, 6) is -0.263. The molecular weight excluding hydrogens is 507 g/mol. The van der Waals surface area contributed by atoms with Crippen LogP contribution in [-0.4, -0.2) is 24.5 Å². The minimum absolute atomic E-state index is 0.0116. The van der Waals surface area contributed by atoms with Crippen molar-refractivity contribution in [3.05, 3.63) is 108 Å². The van der Waals surface area contributed by atoms with Gasteiger partial charge in [-0.2, -0.15) is 8.78 Å². The first-order valence-electron chi connectivity index (χ1n) is 14.1. The molecular formula is C34H40F3N3. The minimum atomic E-state index is -2.63. The molecule has 1 aliphatic rings. The Morgan fingerprint density at radius 3 is 2.50 bits per heavy atom. The molecule has 1 fully saturated rings. The molecule has 0 bridgehead atoms. The number of halogens is 3. The maximum atomic E-state index is 14.1. The van der Waals surface area contributed by atoms with Gasteiger partial charge in [0.2, 0.25) is 0 Å². The molecule has 1 N–H and O–H groups in total. The van der Waals surface area contributed by atoms with Crippen molar-refractivity contribution < 1.29 is 13.2 Å². The molecule has 0 unspecified atom stereocenters. The Labute approximate surface area is 237 Å². The topological polar surface area (TPSA) is 18.5 Å². The van der Waals surface area contributed by atoms with Gasteiger partial charge in [0.05, 0.1) is 0 Å². The molecule has 0 atom stereocenters. The number of likely N-dealkylation sites (tertiary alicyclic amines) is 1. The van der Waals surface area contributed by atoms with Crippen molar-refractivity contribution in [1.82, 2.24) is 4.90 Å². The van der Waals surface area contributed by atoms with Gasteiger partial charge in [-0.25, -0.2) is 4.39 Å². The number of anilines is 3. The number of hydrogen-bond acceptors (Lipinski definition) is 3. The molecule has 6 heteroatoms. The fourth-order valence-corrected chi connectivity index (χ4v) is 5.42. The third-order valence-corrected chi connectivity index (χ3v) is 7.70. The van der Waals surface area contributed by atoms with Crippen LogP contribution in [0.2, 0.25) is 0 Å². The first-order chi connectivity index (χ1) is 19.3. The van der Waals surface area contributed by atoms with E-state index in [2.05, 4.69) is 54.9 Å². The van der Waals surface area contributed by atoms with Gasteiger partial charge in [-0.15, -0.1) is 0 Å². The standard InChI is InChI=1S/C34H40F3N3/c1-5-6-10-24(2)31-21-27(15-16-32(31)38-30-13-9-12-29(35)22-30)23-39-19-17-28(18-20-39)26(4)40(34(36)37)33-14-8-7-11-25(33)3/h7-16,21-22,28,34,38H,4-6,17-20,23H2,1-3H3/b24-10-. The van der Waals surface area contributed by atoms with Crippen LogP contribution in [0.1, 0.15) is 56.2 Å². The number of piperidine rings is 1. The van der Waals surface area contributed by atoms with Crippen LogP contribution in [0.3, 0.4) is 0 Å². The van der Waals surface area contributed by atoms with E-state index in [4.69, 9.17) is 0 Å². The molecule has 3 aromatic rings. The zero-order chi connectivity index (χ0) is 28.6. The smallest absolute Gasteiger partial charge is 0.319 e. The first-order valence-corrected chi connectivity index (χ1v) is 14.1. The van der Waals surface area contributed by atoms with Crippen LogP contribution >= 0.6 is 0 Å². The Hall–Kier alpha value is -3.51. The summed E-state index contributed by atoms with van der Waals surface area (Å²) in [7, 11) is 0. The monoisotopic (exact) mass is 547 g/mol.